The lowest BCUT2D eigenvalue weighted by atomic mass is 9.43. The zero-order valence-corrected chi connectivity index (χ0v) is 22.0. The van der Waals surface area contributed by atoms with E-state index in [9.17, 15) is 20.1 Å². The summed E-state index contributed by atoms with van der Waals surface area (Å²) in [7, 11) is 0. The van der Waals surface area contributed by atoms with Crippen LogP contribution < -0.4 is 0 Å². The molecule has 3 N–H and O–H groups in total. The van der Waals surface area contributed by atoms with E-state index in [-0.39, 0.29) is 53.7 Å². The molecular weight excluding hydrogens is 444 g/mol. The largest absolute Gasteiger partial charge is 0.481 e. The lowest BCUT2D eigenvalue weighted by Gasteiger charge is -2.63. The second-order valence-electron chi connectivity index (χ2n) is 13.3. The third kappa shape index (κ3) is 4.49. The normalized spacial score (nSPS) is 50.6. The van der Waals surface area contributed by atoms with Gasteiger partial charge in [-0.3, -0.25) is 4.79 Å². The van der Waals surface area contributed by atoms with Gasteiger partial charge in [0.25, 0.3) is 0 Å². The van der Waals surface area contributed by atoms with Crippen molar-refractivity contribution in [3.8, 4) is 0 Å². The molecule has 0 bridgehead atoms. The van der Waals surface area contributed by atoms with Crippen molar-refractivity contribution < 1.29 is 29.6 Å². The molecular formula is C29H48O6. The number of aliphatic hydroxyl groups is 2. The van der Waals surface area contributed by atoms with Gasteiger partial charge in [0, 0.05) is 13.0 Å². The van der Waals surface area contributed by atoms with E-state index in [1.54, 1.807) is 0 Å². The van der Waals surface area contributed by atoms with E-state index in [4.69, 9.17) is 9.47 Å². The molecule has 0 aromatic heterocycles. The van der Waals surface area contributed by atoms with E-state index in [2.05, 4.69) is 20.8 Å². The number of ether oxygens (including phenoxy) is 2. The fourth-order valence-electron chi connectivity index (χ4n) is 9.82. The molecule has 6 heteroatoms. The van der Waals surface area contributed by atoms with Gasteiger partial charge in [0.15, 0.2) is 6.29 Å². The zero-order chi connectivity index (χ0) is 25.0. The summed E-state index contributed by atoms with van der Waals surface area (Å²) in [6.07, 6.45) is 10.4. The molecule has 6 nitrogen and oxygen atoms in total. The Morgan fingerprint density at radius 2 is 1.86 bits per heavy atom. The van der Waals surface area contributed by atoms with Crippen molar-refractivity contribution in [3.63, 3.8) is 0 Å². The molecule has 1 saturated heterocycles. The van der Waals surface area contributed by atoms with Crippen LogP contribution in [-0.2, 0) is 14.3 Å². The van der Waals surface area contributed by atoms with Gasteiger partial charge in [-0.2, -0.15) is 0 Å². The van der Waals surface area contributed by atoms with E-state index in [0.29, 0.717) is 30.1 Å². The minimum Gasteiger partial charge on any atom is -0.481 e. The van der Waals surface area contributed by atoms with Gasteiger partial charge in [-0.05, 0) is 117 Å². The molecule has 0 aromatic carbocycles. The Hall–Kier alpha value is -0.690. The summed E-state index contributed by atoms with van der Waals surface area (Å²) in [6.45, 7) is 7.66. The molecule has 1 heterocycles. The van der Waals surface area contributed by atoms with Gasteiger partial charge in [-0.1, -0.05) is 20.8 Å². The summed E-state index contributed by atoms with van der Waals surface area (Å²) < 4.78 is 12.2. The van der Waals surface area contributed by atoms with Crippen LogP contribution in [0.25, 0.3) is 0 Å². The van der Waals surface area contributed by atoms with E-state index in [1.807, 2.05) is 0 Å². The number of fused-ring (bicyclic) bond motifs is 5. The van der Waals surface area contributed by atoms with Gasteiger partial charge < -0.3 is 24.8 Å². The summed E-state index contributed by atoms with van der Waals surface area (Å²) >= 11 is 0. The molecule has 12 atom stereocenters. The molecule has 4 aliphatic carbocycles. The van der Waals surface area contributed by atoms with Gasteiger partial charge in [-0.25, -0.2) is 0 Å². The molecule has 35 heavy (non-hydrogen) atoms. The molecule has 1 unspecified atom stereocenters. The number of aliphatic hydroxyl groups excluding tert-OH is 2. The monoisotopic (exact) mass is 492 g/mol. The van der Waals surface area contributed by atoms with Crippen molar-refractivity contribution in [2.24, 2.45) is 46.3 Å². The molecule has 0 spiro atoms. The van der Waals surface area contributed by atoms with Gasteiger partial charge in [-0.15, -0.1) is 0 Å². The molecule has 5 aliphatic rings. The minimum absolute atomic E-state index is 0.0601. The van der Waals surface area contributed by atoms with Crippen molar-refractivity contribution in [3.05, 3.63) is 0 Å². The Bertz CT molecular complexity index is 766. The van der Waals surface area contributed by atoms with Gasteiger partial charge in [0.2, 0.25) is 0 Å². The molecule has 5 fully saturated rings. The SMILES string of the molecule is C[C@H](CCC(=O)O)[C@H]1CC[C@H]2[C@@H]3[C@H](O)C[C@@H]4C[C@H](OC5CCCCO5)CC[C@]4(C)[C@H]3C[C@H](O)[C@]12C. The van der Waals surface area contributed by atoms with Crippen LogP contribution in [0.4, 0.5) is 0 Å². The van der Waals surface area contributed by atoms with Crippen LogP contribution in [0.15, 0.2) is 0 Å². The van der Waals surface area contributed by atoms with Crippen LogP contribution >= 0.6 is 0 Å². The summed E-state index contributed by atoms with van der Waals surface area (Å²) in [5.74, 6) is 1.16. The van der Waals surface area contributed by atoms with Crippen molar-refractivity contribution in [2.75, 3.05) is 6.61 Å². The molecule has 1 aliphatic heterocycles. The van der Waals surface area contributed by atoms with Crippen molar-refractivity contribution in [1.82, 2.24) is 0 Å². The number of carboxylic acids is 1. The Labute approximate surface area is 211 Å². The summed E-state index contributed by atoms with van der Waals surface area (Å²) in [6, 6.07) is 0. The van der Waals surface area contributed by atoms with Crippen LogP contribution in [0.1, 0.15) is 97.8 Å². The maximum Gasteiger partial charge on any atom is 0.303 e. The first-order valence-corrected chi connectivity index (χ1v) is 14.5. The lowest BCUT2D eigenvalue weighted by Crippen LogP contribution is -2.62. The summed E-state index contributed by atoms with van der Waals surface area (Å²) in [4.78, 5) is 11.2. The number of aliphatic carboxylic acids is 1. The molecule has 4 saturated carbocycles. The van der Waals surface area contributed by atoms with Crippen LogP contribution in [0.2, 0.25) is 0 Å². The quantitative estimate of drug-likeness (QED) is 0.452. The summed E-state index contributed by atoms with van der Waals surface area (Å²) in [5.41, 5.74) is -0.103. The lowest BCUT2D eigenvalue weighted by molar-refractivity contribution is -0.231. The molecule has 0 aromatic rings. The average Bonchev–Trinajstić information content (AvgIpc) is 3.18. The first kappa shape index (κ1) is 25.9. The fraction of sp³-hybridized carbons (Fsp3) is 0.966. The van der Waals surface area contributed by atoms with Crippen LogP contribution in [0.3, 0.4) is 0 Å². The van der Waals surface area contributed by atoms with Crippen molar-refractivity contribution in [1.29, 1.82) is 0 Å². The molecule has 0 radical (unpaired) electrons. The standard InChI is InChI=1S/C29H48O6/c1-17(7-10-25(32)33)20-8-9-21-27-22(16-24(31)29(20,21)3)28(2)12-11-19(14-18(28)15-23(27)30)35-26-6-4-5-13-34-26/h17-24,26-27,30-31H,4-16H2,1-3H3,(H,32,33)/t17-,18+,19-,20-,21+,22+,23-,24+,26?,27+,28+,29-/m1/s1. The zero-order valence-electron chi connectivity index (χ0n) is 22.0. The maximum absolute atomic E-state index is 11.7. The Morgan fingerprint density at radius 1 is 1.06 bits per heavy atom. The van der Waals surface area contributed by atoms with Crippen molar-refractivity contribution >= 4 is 5.97 Å². The van der Waals surface area contributed by atoms with E-state index >= 15 is 0 Å². The smallest absolute Gasteiger partial charge is 0.303 e. The van der Waals surface area contributed by atoms with E-state index in [0.717, 1.165) is 64.4 Å². The molecule has 0 amide bonds. The number of hydrogen-bond acceptors (Lipinski definition) is 5. The van der Waals surface area contributed by atoms with E-state index in [1.165, 1.54) is 6.42 Å². The van der Waals surface area contributed by atoms with Crippen LogP contribution in [-0.4, -0.2) is 52.5 Å². The third-order valence-corrected chi connectivity index (χ3v) is 11.8. The predicted molar refractivity (Wildman–Crippen MR) is 132 cm³/mol. The van der Waals surface area contributed by atoms with Gasteiger partial charge >= 0.3 is 5.97 Å². The average molecular weight is 493 g/mol. The fourth-order valence-corrected chi connectivity index (χ4v) is 9.82. The van der Waals surface area contributed by atoms with Gasteiger partial charge in [0.1, 0.15) is 0 Å². The topological polar surface area (TPSA) is 96.2 Å². The molecule has 5 rings (SSSR count). The third-order valence-electron chi connectivity index (χ3n) is 11.8. The number of rotatable bonds is 6. The summed E-state index contributed by atoms with van der Waals surface area (Å²) in [5, 5.41) is 32.5. The number of carboxylic acid groups (broad SMARTS) is 1. The highest BCUT2D eigenvalue weighted by atomic mass is 16.7. The Kier molecular flexibility index (Phi) is 7.33. The Morgan fingerprint density at radius 3 is 2.57 bits per heavy atom. The van der Waals surface area contributed by atoms with Crippen LogP contribution in [0, 0.1) is 46.3 Å². The second-order valence-corrected chi connectivity index (χ2v) is 13.3. The van der Waals surface area contributed by atoms with Crippen LogP contribution in [0.5, 0.6) is 0 Å². The molecule has 200 valence electrons. The highest BCUT2D eigenvalue weighted by Gasteiger charge is 2.65. The van der Waals surface area contributed by atoms with E-state index < -0.39 is 5.97 Å². The second kappa shape index (κ2) is 9.89. The van der Waals surface area contributed by atoms with Gasteiger partial charge in [0.05, 0.1) is 18.3 Å². The number of carbonyl (C=O) groups is 1. The minimum atomic E-state index is -0.739. The maximum atomic E-state index is 11.7. The highest BCUT2D eigenvalue weighted by molar-refractivity contribution is 5.66. The van der Waals surface area contributed by atoms with Crippen molar-refractivity contribution in [2.45, 2.75) is 122 Å². The first-order valence-electron chi connectivity index (χ1n) is 14.5. The predicted octanol–water partition coefficient (Wildman–Crippen LogP) is 5.00. The highest BCUT2D eigenvalue weighted by Crippen LogP contribution is 2.68. The Balaban J connectivity index is 1.31. The first-order chi connectivity index (χ1) is 16.6. The number of hydrogen-bond donors (Lipinski definition) is 3.